The summed E-state index contributed by atoms with van der Waals surface area (Å²) < 4.78 is 24.6. The summed E-state index contributed by atoms with van der Waals surface area (Å²) in [6.07, 6.45) is 3.36. The summed E-state index contributed by atoms with van der Waals surface area (Å²) in [7, 11) is 0. The van der Waals surface area contributed by atoms with Crippen LogP contribution < -0.4 is 5.43 Å². The van der Waals surface area contributed by atoms with E-state index in [0.717, 1.165) is 30.4 Å². The topological polar surface area (TPSA) is 87.0 Å². The number of hydrogen-bond donors (Lipinski definition) is 0. The molecule has 134 valence electrons. The lowest BCUT2D eigenvalue weighted by Crippen LogP contribution is -2.21. The molecule has 0 atom stereocenters. The largest absolute Gasteiger partial charge is 0.462 e. The molecular formula is C16H12ClFN4O3S. The molecule has 3 heterocycles. The first kappa shape index (κ1) is 17.0. The number of ether oxygens (including phenoxy) is 1. The van der Waals surface area contributed by atoms with E-state index in [1.165, 1.54) is 10.8 Å². The van der Waals surface area contributed by atoms with Crippen molar-refractivity contribution in [2.24, 2.45) is 0 Å². The highest BCUT2D eigenvalue weighted by Gasteiger charge is 2.29. The van der Waals surface area contributed by atoms with Crippen molar-refractivity contribution in [3.8, 4) is 5.13 Å². The van der Waals surface area contributed by atoms with Crippen molar-refractivity contribution < 1.29 is 13.9 Å². The predicted octanol–water partition coefficient (Wildman–Crippen LogP) is 3.08. The lowest BCUT2D eigenvalue weighted by Gasteiger charge is -2.10. The maximum absolute atomic E-state index is 13.9. The second-order valence-electron chi connectivity index (χ2n) is 5.80. The van der Waals surface area contributed by atoms with Gasteiger partial charge >= 0.3 is 5.97 Å². The fourth-order valence-corrected chi connectivity index (χ4v) is 3.39. The van der Waals surface area contributed by atoms with Crippen LogP contribution in [0.2, 0.25) is 5.15 Å². The van der Waals surface area contributed by atoms with Crippen LogP contribution in [-0.4, -0.2) is 31.5 Å². The Kier molecular flexibility index (Phi) is 4.20. The van der Waals surface area contributed by atoms with Crippen LogP contribution >= 0.6 is 23.1 Å². The predicted molar refractivity (Wildman–Crippen MR) is 93.7 cm³/mol. The molecule has 10 heteroatoms. The van der Waals surface area contributed by atoms with Gasteiger partial charge in [0.25, 0.3) is 0 Å². The summed E-state index contributed by atoms with van der Waals surface area (Å²) in [6, 6.07) is 0.967. The first-order valence-electron chi connectivity index (χ1n) is 7.92. The van der Waals surface area contributed by atoms with Crippen LogP contribution in [-0.2, 0) is 4.74 Å². The fraction of sp³-hybridized carbons (Fsp3) is 0.312. The normalized spacial score (nSPS) is 14.0. The lowest BCUT2D eigenvalue weighted by atomic mass is 10.2. The maximum atomic E-state index is 13.9. The highest BCUT2D eigenvalue weighted by atomic mass is 35.5. The molecule has 1 aliphatic carbocycles. The van der Waals surface area contributed by atoms with E-state index in [9.17, 15) is 14.0 Å². The minimum atomic E-state index is -0.847. The van der Waals surface area contributed by atoms with Gasteiger partial charge in [0.15, 0.2) is 16.6 Å². The minimum absolute atomic E-state index is 0.0828. The second kappa shape index (κ2) is 6.40. The molecule has 0 amide bonds. The van der Waals surface area contributed by atoms with E-state index in [1.54, 1.807) is 6.92 Å². The van der Waals surface area contributed by atoms with Gasteiger partial charge in [-0.15, -0.1) is 0 Å². The zero-order chi connectivity index (χ0) is 18.4. The van der Waals surface area contributed by atoms with Crippen molar-refractivity contribution in [2.75, 3.05) is 6.61 Å². The molecule has 3 aromatic rings. The zero-order valence-electron chi connectivity index (χ0n) is 13.5. The molecule has 26 heavy (non-hydrogen) atoms. The summed E-state index contributed by atoms with van der Waals surface area (Å²) in [6.45, 7) is 1.74. The Labute approximate surface area is 155 Å². The Morgan fingerprint density at radius 3 is 2.92 bits per heavy atom. The van der Waals surface area contributed by atoms with E-state index in [-0.39, 0.29) is 28.4 Å². The van der Waals surface area contributed by atoms with Crippen LogP contribution in [0.4, 0.5) is 4.39 Å². The molecule has 1 fully saturated rings. The molecule has 1 aliphatic rings. The number of pyridine rings is 2. The van der Waals surface area contributed by atoms with Gasteiger partial charge < -0.3 is 4.74 Å². The minimum Gasteiger partial charge on any atom is -0.462 e. The van der Waals surface area contributed by atoms with E-state index in [1.807, 2.05) is 0 Å². The van der Waals surface area contributed by atoms with Gasteiger partial charge in [-0.3, -0.25) is 9.36 Å². The third kappa shape index (κ3) is 2.86. The van der Waals surface area contributed by atoms with E-state index < -0.39 is 17.2 Å². The molecular weight excluding hydrogens is 383 g/mol. The van der Waals surface area contributed by atoms with E-state index in [2.05, 4.69) is 14.3 Å². The van der Waals surface area contributed by atoms with Crippen LogP contribution in [0.5, 0.6) is 0 Å². The third-order valence-corrected chi connectivity index (χ3v) is 4.96. The monoisotopic (exact) mass is 394 g/mol. The molecule has 0 radical (unpaired) electrons. The molecule has 0 aromatic carbocycles. The van der Waals surface area contributed by atoms with Gasteiger partial charge in [-0.2, -0.15) is 4.37 Å². The average Bonchev–Trinajstić information content (AvgIpc) is 3.35. The molecule has 3 aromatic heterocycles. The number of hydrogen-bond acceptors (Lipinski definition) is 7. The third-order valence-electron chi connectivity index (χ3n) is 3.96. The Morgan fingerprint density at radius 1 is 1.46 bits per heavy atom. The summed E-state index contributed by atoms with van der Waals surface area (Å²) in [5, 5.41) is -0.0419. The highest BCUT2D eigenvalue weighted by Crippen LogP contribution is 2.39. The van der Waals surface area contributed by atoms with Crippen LogP contribution in [0, 0.1) is 5.82 Å². The average molecular weight is 395 g/mol. The van der Waals surface area contributed by atoms with E-state index >= 15 is 0 Å². The van der Waals surface area contributed by atoms with Crippen LogP contribution in [0.3, 0.4) is 0 Å². The molecule has 0 bridgehead atoms. The zero-order valence-corrected chi connectivity index (χ0v) is 15.1. The Bertz CT molecular complexity index is 1090. The number of carbonyl (C=O) groups excluding carboxylic acids is 1. The van der Waals surface area contributed by atoms with Crippen LogP contribution in [0.1, 0.15) is 41.9 Å². The van der Waals surface area contributed by atoms with E-state index in [0.29, 0.717) is 16.9 Å². The van der Waals surface area contributed by atoms with Crippen molar-refractivity contribution >= 4 is 40.1 Å². The molecule has 0 saturated heterocycles. The van der Waals surface area contributed by atoms with Crippen molar-refractivity contribution in [3.05, 3.63) is 44.8 Å². The summed E-state index contributed by atoms with van der Waals surface area (Å²) in [5.41, 5.74) is -0.802. The van der Waals surface area contributed by atoms with E-state index in [4.69, 9.17) is 16.3 Å². The maximum Gasteiger partial charge on any atom is 0.343 e. The van der Waals surface area contributed by atoms with Crippen molar-refractivity contribution in [1.29, 1.82) is 0 Å². The summed E-state index contributed by atoms with van der Waals surface area (Å²) in [5.74, 6) is -0.595. The number of nitrogens with zero attached hydrogens (tertiary/aromatic N) is 4. The first-order valence-corrected chi connectivity index (χ1v) is 9.07. The number of rotatable bonds is 4. The second-order valence-corrected chi connectivity index (χ2v) is 6.89. The van der Waals surface area contributed by atoms with Gasteiger partial charge in [-0.05, 0) is 25.8 Å². The standard InChI is InChI=1S/C16H12ClFN4O3S/c1-2-25-15(24)9-6-22(16-20-13(21-26-16)7-3-4-7)14-8(11(9)23)5-10(18)12(17)19-14/h5-7H,2-4H2,1H3. The van der Waals surface area contributed by atoms with Crippen molar-refractivity contribution in [2.45, 2.75) is 25.7 Å². The van der Waals surface area contributed by atoms with Crippen molar-refractivity contribution in [1.82, 2.24) is 18.9 Å². The Balaban J connectivity index is 1.99. The molecule has 0 spiro atoms. The Morgan fingerprint density at radius 2 is 2.23 bits per heavy atom. The molecule has 1 saturated carbocycles. The lowest BCUT2D eigenvalue weighted by molar-refractivity contribution is 0.0524. The number of esters is 1. The van der Waals surface area contributed by atoms with Gasteiger partial charge in [-0.25, -0.2) is 19.2 Å². The molecule has 4 rings (SSSR count). The Hall–Kier alpha value is -2.39. The summed E-state index contributed by atoms with van der Waals surface area (Å²) in [4.78, 5) is 33.2. The smallest absolute Gasteiger partial charge is 0.343 e. The van der Waals surface area contributed by atoms with Gasteiger partial charge in [0.1, 0.15) is 11.4 Å². The molecule has 0 unspecified atom stereocenters. The molecule has 0 N–H and O–H groups in total. The van der Waals surface area contributed by atoms with Gasteiger partial charge in [0.05, 0.1) is 12.0 Å². The fourth-order valence-electron chi connectivity index (χ4n) is 2.53. The number of fused-ring (bicyclic) bond motifs is 1. The molecule has 0 aliphatic heterocycles. The van der Waals surface area contributed by atoms with Crippen LogP contribution in [0.15, 0.2) is 17.1 Å². The quantitative estimate of drug-likeness (QED) is 0.499. The van der Waals surface area contributed by atoms with Gasteiger partial charge in [-0.1, -0.05) is 11.6 Å². The molecule has 7 nitrogen and oxygen atoms in total. The van der Waals surface area contributed by atoms with Crippen LogP contribution in [0.25, 0.3) is 16.2 Å². The van der Waals surface area contributed by atoms with Gasteiger partial charge in [0.2, 0.25) is 10.6 Å². The SMILES string of the molecule is CCOC(=O)c1cn(-c2nc(C3CC3)ns2)c2nc(Cl)c(F)cc2c1=O. The van der Waals surface area contributed by atoms with Gasteiger partial charge in [0, 0.05) is 23.6 Å². The number of carbonyl (C=O) groups is 1. The number of aromatic nitrogens is 4. The first-order chi connectivity index (χ1) is 12.5. The number of halogens is 2. The van der Waals surface area contributed by atoms with Crippen molar-refractivity contribution in [3.63, 3.8) is 0 Å². The highest BCUT2D eigenvalue weighted by molar-refractivity contribution is 7.08. The summed E-state index contributed by atoms with van der Waals surface area (Å²) >= 11 is 6.90.